The summed E-state index contributed by atoms with van der Waals surface area (Å²) in [6.45, 7) is 3.72. The Kier molecular flexibility index (Phi) is 22.7. The fraction of sp³-hybridized carbons (Fsp3) is 0.821. The SMILES string of the molecule is CCCCC/C=C\C/C=C\CCCCCCCCC(O)C(=O)NC(CO)C(O)C(O)CCCC. The molecule has 0 spiro atoms. The minimum absolute atomic E-state index is 0.354. The average Bonchev–Trinajstić information content (AvgIpc) is 2.84. The summed E-state index contributed by atoms with van der Waals surface area (Å²) in [7, 11) is 0. The molecule has 0 radical (unpaired) electrons. The van der Waals surface area contributed by atoms with Gasteiger partial charge in [0.15, 0.2) is 0 Å². The van der Waals surface area contributed by atoms with Crippen LogP contribution in [-0.2, 0) is 4.79 Å². The Morgan fingerprint density at radius 2 is 1.29 bits per heavy atom. The van der Waals surface area contributed by atoms with Crippen molar-refractivity contribution < 1.29 is 25.2 Å². The molecule has 0 rings (SSSR count). The summed E-state index contributed by atoms with van der Waals surface area (Å²) in [6, 6.07) is -0.982. The molecular formula is C28H53NO5. The Bertz CT molecular complexity index is 523. The van der Waals surface area contributed by atoms with Crippen LogP contribution in [0, 0.1) is 0 Å². The van der Waals surface area contributed by atoms with Crippen LogP contribution in [-0.4, -0.2) is 57.3 Å². The molecule has 0 fully saturated rings. The van der Waals surface area contributed by atoms with E-state index in [1.54, 1.807) is 0 Å². The molecule has 200 valence electrons. The quantitative estimate of drug-likeness (QED) is 0.104. The van der Waals surface area contributed by atoms with Gasteiger partial charge in [0.05, 0.1) is 18.8 Å². The van der Waals surface area contributed by atoms with Crippen LogP contribution in [0.25, 0.3) is 0 Å². The van der Waals surface area contributed by atoms with Gasteiger partial charge in [-0.1, -0.05) is 95.9 Å². The van der Waals surface area contributed by atoms with Crippen LogP contribution < -0.4 is 5.32 Å². The van der Waals surface area contributed by atoms with Crippen molar-refractivity contribution in [1.29, 1.82) is 0 Å². The van der Waals surface area contributed by atoms with Gasteiger partial charge in [-0.3, -0.25) is 4.79 Å². The van der Waals surface area contributed by atoms with E-state index in [9.17, 15) is 25.2 Å². The number of hydrogen-bond acceptors (Lipinski definition) is 5. The molecule has 6 heteroatoms. The van der Waals surface area contributed by atoms with E-state index in [1.807, 2.05) is 6.92 Å². The van der Waals surface area contributed by atoms with E-state index in [4.69, 9.17) is 0 Å². The van der Waals surface area contributed by atoms with Crippen LogP contribution >= 0.6 is 0 Å². The normalized spacial score (nSPS) is 15.6. The van der Waals surface area contributed by atoms with Crippen LogP contribution in [0.1, 0.15) is 117 Å². The lowest BCUT2D eigenvalue weighted by molar-refractivity contribution is -0.132. The van der Waals surface area contributed by atoms with Gasteiger partial charge < -0.3 is 25.7 Å². The molecule has 0 aromatic rings. The molecule has 0 aliphatic rings. The second kappa shape index (κ2) is 23.5. The lowest BCUT2D eigenvalue weighted by Crippen LogP contribution is -2.53. The first-order valence-electron chi connectivity index (χ1n) is 13.7. The van der Waals surface area contributed by atoms with Gasteiger partial charge >= 0.3 is 0 Å². The first-order chi connectivity index (χ1) is 16.5. The molecule has 0 aliphatic carbocycles. The van der Waals surface area contributed by atoms with Crippen molar-refractivity contribution in [3.8, 4) is 0 Å². The van der Waals surface area contributed by atoms with E-state index in [-0.39, 0.29) is 0 Å². The van der Waals surface area contributed by atoms with Crippen LogP contribution in [0.3, 0.4) is 0 Å². The van der Waals surface area contributed by atoms with E-state index >= 15 is 0 Å². The molecule has 4 unspecified atom stereocenters. The summed E-state index contributed by atoms with van der Waals surface area (Å²) >= 11 is 0. The Morgan fingerprint density at radius 3 is 1.88 bits per heavy atom. The molecule has 0 heterocycles. The highest BCUT2D eigenvalue weighted by atomic mass is 16.3. The van der Waals surface area contributed by atoms with Crippen molar-refractivity contribution in [3.63, 3.8) is 0 Å². The predicted molar refractivity (Wildman–Crippen MR) is 141 cm³/mol. The predicted octanol–water partition coefficient (Wildman–Crippen LogP) is 4.94. The van der Waals surface area contributed by atoms with Gasteiger partial charge in [-0.05, 0) is 44.9 Å². The Morgan fingerprint density at radius 1 is 0.735 bits per heavy atom. The number of unbranched alkanes of at least 4 members (excludes halogenated alkanes) is 10. The van der Waals surface area contributed by atoms with Crippen LogP contribution in [0.2, 0.25) is 0 Å². The van der Waals surface area contributed by atoms with Gasteiger partial charge in [-0.15, -0.1) is 0 Å². The number of rotatable bonds is 23. The molecule has 0 saturated carbocycles. The Labute approximate surface area is 208 Å². The summed E-state index contributed by atoms with van der Waals surface area (Å²) in [5.74, 6) is -0.608. The average molecular weight is 484 g/mol. The third-order valence-corrected chi connectivity index (χ3v) is 6.17. The summed E-state index contributed by atoms with van der Waals surface area (Å²) in [4.78, 5) is 12.2. The maximum atomic E-state index is 12.2. The van der Waals surface area contributed by atoms with E-state index in [0.717, 1.165) is 51.4 Å². The number of nitrogens with one attached hydrogen (secondary N) is 1. The summed E-state index contributed by atoms with van der Waals surface area (Å²) in [5, 5.41) is 42.1. The number of allylic oxidation sites excluding steroid dienone is 4. The highest BCUT2D eigenvalue weighted by molar-refractivity contribution is 5.80. The van der Waals surface area contributed by atoms with Crippen molar-refractivity contribution >= 4 is 5.91 Å². The fourth-order valence-corrected chi connectivity index (χ4v) is 3.83. The molecule has 1 amide bonds. The second-order valence-electron chi connectivity index (χ2n) is 9.39. The minimum atomic E-state index is -1.26. The molecule has 6 nitrogen and oxygen atoms in total. The lowest BCUT2D eigenvalue weighted by atomic mass is 10.0. The maximum absolute atomic E-state index is 12.2. The molecular weight excluding hydrogens is 430 g/mol. The zero-order valence-electron chi connectivity index (χ0n) is 21.8. The van der Waals surface area contributed by atoms with Gasteiger partial charge in [-0.2, -0.15) is 0 Å². The number of hydrogen-bond donors (Lipinski definition) is 5. The van der Waals surface area contributed by atoms with Crippen molar-refractivity contribution in [1.82, 2.24) is 5.32 Å². The molecule has 5 N–H and O–H groups in total. The van der Waals surface area contributed by atoms with E-state index in [0.29, 0.717) is 12.8 Å². The number of carbonyl (C=O) groups excluding carboxylic acids is 1. The molecule has 0 saturated heterocycles. The molecule has 34 heavy (non-hydrogen) atoms. The highest BCUT2D eigenvalue weighted by Crippen LogP contribution is 2.12. The van der Waals surface area contributed by atoms with Crippen LogP contribution in [0.5, 0.6) is 0 Å². The molecule has 0 aromatic heterocycles. The fourth-order valence-electron chi connectivity index (χ4n) is 3.83. The van der Waals surface area contributed by atoms with Crippen molar-refractivity contribution in [2.75, 3.05) is 6.61 Å². The molecule has 0 bridgehead atoms. The van der Waals surface area contributed by atoms with Crippen LogP contribution in [0.4, 0.5) is 0 Å². The van der Waals surface area contributed by atoms with E-state index < -0.39 is 36.9 Å². The second-order valence-corrected chi connectivity index (χ2v) is 9.39. The molecule has 0 aromatic carbocycles. The van der Waals surface area contributed by atoms with Gasteiger partial charge in [0.1, 0.15) is 12.2 Å². The number of amides is 1. The lowest BCUT2D eigenvalue weighted by Gasteiger charge is -2.27. The minimum Gasteiger partial charge on any atom is -0.394 e. The van der Waals surface area contributed by atoms with Crippen molar-refractivity contribution in [2.45, 2.75) is 141 Å². The topological polar surface area (TPSA) is 110 Å². The number of aliphatic hydroxyl groups excluding tert-OH is 4. The summed E-state index contributed by atoms with van der Waals surface area (Å²) in [6.07, 6.45) is 21.6. The third-order valence-electron chi connectivity index (χ3n) is 6.17. The zero-order chi connectivity index (χ0) is 25.4. The molecule has 0 aliphatic heterocycles. The van der Waals surface area contributed by atoms with Gasteiger partial charge in [0.2, 0.25) is 5.91 Å². The Hall–Kier alpha value is -1.21. The monoisotopic (exact) mass is 483 g/mol. The van der Waals surface area contributed by atoms with Gasteiger partial charge in [-0.25, -0.2) is 0 Å². The summed E-state index contributed by atoms with van der Waals surface area (Å²) < 4.78 is 0. The van der Waals surface area contributed by atoms with Gasteiger partial charge in [0.25, 0.3) is 0 Å². The van der Waals surface area contributed by atoms with Gasteiger partial charge in [0, 0.05) is 0 Å². The third kappa shape index (κ3) is 18.2. The standard InChI is InChI=1S/C28H53NO5/c1-3-5-7-8-9-10-11-12-13-14-15-16-17-18-19-20-22-26(32)28(34)29-24(23-30)27(33)25(31)21-6-4-2/h9-10,12-13,24-27,30-33H,3-8,11,14-23H2,1-2H3,(H,29,34)/b10-9-,13-12-. The number of aliphatic hydroxyl groups is 4. The Balaban J connectivity index is 3.79. The first-order valence-corrected chi connectivity index (χ1v) is 13.7. The van der Waals surface area contributed by atoms with Crippen LogP contribution in [0.15, 0.2) is 24.3 Å². The zero-order valence-corrected chi connectivity index (χ0v) is 21.8. The molecule has 4 atom stereocenters. The van der Waals surface area contributed by atoms with E-state index in [1.165, 1.54) is 38.5 Å². The summed E-state index contributed by atoms with van der Waals surface area (Å²) in [5.41, 5.74) is 0. The number of carbonyl (C=O) groups is 1. The maximum Gasteiger partial charge on any atom is 0.249 e. The van der Waals surface area contributed by atoms with Crippen molar-refractivity contribution in [2.24, 2.45) is 0 Å². The smallest absolute Gasteiger partial charge is 0.249 e. The van der Waals surface area contributed by atoms with E-state index in [2.05, 4.69) is 36.5 Å². The highest BCUT2D eigenvalue weighted by Gasteiger charge is 2.28. The largest absolute Gasteiger partial charge is 0.394 e. The van der Waals surface area contributed by atoms with Crippen molar-refractivity contribution in [3.05, 3.63) is 24.3 Å². The first kappa shape index (κ1) is 32.8.